The number of amides is 1. The molecule has 24 heavy (non-hydrogen) atoms. The molecule has 1 aliphatic heterocycles. The van der Waals surface area contributed by atoms with E-state index in [2.05, 4.69) is 10.1 Å². The van der Waals surface area contributed by atoms with Gasteiger partial charge in [0, 0.05) is 38.0 Å². The van der Waals surface area contributed by atoms with Crippen LogP contribution in [0.2, 0.25) is 0 Å². The first kappa shape index (κ1) is 17.2. The van der Waals surface area contributed by atoms with Crippen LogP contribution in [0.5, 0.6) is 0 Å². The third-order valence-electron chi connectivity index (χ3n) is 4.30. The van der Waals surface area contributed by atoms with Gasteiger partial charge in [0.15, 0.2) is 0 Å². The first-order valence-corrected chi connectivity index (χ1v) is 10.1. The minimum absolute atomic E-state index is 0.0300. The summed E-state index contributed by atoms with van der Waals surface area (Å²) in [6.07, 6.45) is 3.80. The van der Waals surface area contributed by atoms with Crippen molar-refractivity contribution >= 4 is 29.0 Å². The molecule has 130 valence electrons. The summed E-state index contributed by atoms with van der Waals surface area (Å²) in [6.45, 7) is 3.85. The van der Waals surface area contributed by atoms with Gasteiger partial charge in [0.25, 0.3) is 5.91 Å². The number of aromatic nitrogens is 4. The Morgan fingerprint density at radius 1 is 1.50 bits per heavy atom. The summed E-state index contributed by atoms with van der Waals surface area (Å²) in [5.74, 6) is 0.846. The normalized spacial score (nSPS) is 18.1. The van der Waals surface area contributed by atoms with Crippen molar-refractivity contribution < 1.29 is 4.79 Å². The summed E-state index contributed by atoms with van der Waals surface area (Å²) in [6, 6.07) is 0. The van der Waals surface area contributed by atoms with E-state index < -0.39 is 0 Å². The number of hydrogen-bond acceptors (Lipinski definition) is 6. The molecule has 3 heterocycles. The zero-order chi connectivity index (χ0) is 17.3. The lowest BCUT2D eigenvalue weighted by molar-refractivity contribution is 0.0697. The Morgan fingerprint density at radius 3 is 2.96 bits per heavy atom. The maximum absolute atomic E-state index is 12.7. The van der Waals surface area contributed by atoms with Crippen LogP contribution in [0.25, 0.3) is 0 Å². The standard InChI is InChI=1S/C15H21N5O2S2/c1-4-20-12(17-18(2)15(20)22)10-6-5-7-19(8-10)13(21)11-9-24-14(16-11)23-3/h9-10H,4-8H2,1-3H3/t10-/m1/s1. The number of carbonyl (C=O) groups is 1. The average Bonchev–Trinajstić information content (AvgIpc) is 3.19. The second-order valence-corrected chi connectivity index (χ2v) is 7.71. The van der Waals surface area contributed by atoms with E-state index in [1.165, 1.54) is 16.0 Å². The molecular weight excluding hydrogens is 346 g/mol. The molecule has 1 aliphatic rings. The lowest BCUT2D eigenvalue weighted by Gasteiger charge is -2.31. The maximum Gasteiger partial charge on any atom is 0.345 e. The largest absolute Gasteiger partial charge is 0.345 e. The monoisotopic (exact) mass is 367 g/mol. The molecule has 0 N–H and O–H groups in total. The van der Waals surface area contributed by atoms with E-state index in [1.807, 2.05) is 23.5 Å². The molecule has 2 aromatic heterocycles. The van der Waals surface area contributed by atoms with Gasteiger partial charge < -0.3 is 4.90 Å². The van der Waals surface area contributed by atoms with Gasteiger partial charge in [-0.15, -0.1) is 11.3 Å². The number of thioether (sulfide) groups is 1. The number of nitrogens with zero attached hydrogens (tertiary/aromatic N) is 5. The lowest BCUT2D eigenvalue weighted by atomic mass is 9.97. The number of aryl methyl sites for hydroxylation is 1. The molecule has 0 saturated carbocycles. The quantitative estimate of drug-likeness (QED) is 0.771. The Morgan fingerprint density at radius 2 is 2.29 bits per heavy atom. The summed E-state index contributed by atoms with van der Waals surface area (Å²) in [4.78, 5) is 31.0. The van der Waals surface area contributed by atoms with Gasteiger partial charge in [-0.3, -0.25) is 9.36 Å². The van der Waals surface area contributed by atoms with E-state index in [1.54, 1.807) is 23.4 Å². The summed E-state index contributed by atoms with van der Waals surface area (Å²) >= 11 is 3.04. The summed E-state index contributed by atoms with van der Waals surface area (Å²) in [5.41, 5.74) is 0.416. The highest BCUT2D eigenvalue weighted by atomic mass is 32.2. The molecule has 2 aromatic rings. The first-order chi connectivity index (χ1) is 11.5. The van der Waals surface area contributed by atoms with Crippen molar-refractivity contribution in [1.29, 1.82) is 0 Å². The lowest BCUT2D eigenvalue weighted by Crippen LogP contribution is -2.40. The van der Waals surface area contributed by atoms with Gasteiger partial charge in [-0.1, -0.05) is 11.8 Å². The second-order valence-electron chi connectivity index (χ2n) is 5.80. The van der Waals surface area contributed by atoms with Crippen LogP contribution in [0.15, 0.2) is 14.5 Å². The minimum Gasteiger partial charge on any atom is -0.337 e. The number of thiazole rings is 1. The predicted molar refractivity (Wildman–Crippen MR) is 94.9 cm³/mol. The molecule has 0 spiro atoms. The van der Waals surface area contributed by atoms with E-state index in [9.17, 15) is 9.59 Å². The highest BCUT2D eigenvalue weighted by Crippen LogP contribution is 2.27. The smallest absolute Gasteiger partial charge is 0.337 e. The van der Waals surface area contributed by atoms with Crippen LogP contribution in [0.3, 0.4) is 0 Å². The maximum atomic E-state index is 12.7. The number of piperidine rings is 1. The molecule has 1 fully saturated rings. The number of rotatable bonds is 4. The molecule has 0 aliphatic carbocycles. The van der Waals surface area contributed by atoms with Crippen LogP contribution in [-0.4, -0.2) is 49.5 Å². The number of carbonyl (C=O) groups excluding carboxylic acids is 1. The van der Waals surface area contributed by atoms with Gasteiger partial charge in [0.2, 0.25) is 0 Å². The van der Waals surface area contributed by atoms with Gasteiger partial charge in [-0.05, 0) is 26.0 Å². The topological polar surface area (TPSA) is 73.0 Å². The van der Waals surface area contributed by atoms with Crippen LogP contribution in [0.4, 0.5) is 0 Å². The van der Waals surface area contributed by atoms with E-state index in [0.717, 1.165) is 29.6 Å². The first-order valence-electron chi connectivity index (χ1n) is 7.97. The number of likely N-dealkylation sites (tertiary alicyclic amines) is 1. The Balaban J connectivity index is 1.80. The molecule has 0 aromatic carbocycles. The second kappa shape index (κ2) is 7.10. The summed E-state index contributed by atoms with van der Waals surface area (Å²) in [5, 5.41) is 6.22. The molecule has 7 nitrogen and oxygen atoms in total. The Kier molecular flexibility index (Phi) is 5.09. The van der Waals surface area contributed by atoms with E-state index in [0.29, 0.717) is 18.8 Å². The highest BCUT2D eigenvalue weighted by molar-refractivity contribution is 8.00. The van der Waals surface area contributed by atoms with Crippen molar-refractivity contribution in [2.45, 2.75) is 36.6 Å². The third kappa shape index (κ3) is 3.14. The fourth-order valence-electron chi connectivity index (χ4n) is 3.11. The van der Waals surface area contributed by atoms with Crippen molar-refractivity contribution in [2.75, 3.05) is 19.3 Å². The zero-order valence-corrected chi connectivity index (χ0v) is 15.7. The molecule has 0 unspecified atom stereocenters. The zero-order valence-electron chi connectivity index (χ0n) is 14.1. The fourth-order valence-corrected chi connectivity index (χ4v) is 4.34. The van der Waals surface area contributed by atoms with E-state index >= 15 is 0 Å². The molecule has 0 bridgehead atoms. The summed E-state index contributed by atoms with van der Waals surface area (Å²) in [7, 11) is 1.67. The molecule has 0 radical (unpaired) electrons. The average molecular weight is 368 g/mol. The van der Waals surface area contributed by atoms with Crippen LogP contribution >= 0.6 is 23.1 Å². The number of hydrogen-bond donors (Lipinski definition) is 0. The van der Waals surface area contributed by atoms with Crippen molar-refractivity contribution in [3.63, 3.8) is 0 Å². The van der Waals surface area contributed by atoms with Crippen molar-refractivity contribution in [1.82, 2.24) is 24.2 Å². The van der Waals surface area contributed by atoms with Crippen LogP contribution in [-0.2, 0) is 13.6 Å². The van der Waals surface area contributed by atoms with Gasteiger partial charge in [-0.25, -0.2) is 14.5 Å². The van der Waals surface area contributed by atoms with Gasteiger partial charge >= 0.3 is 5.69 Å². The van der Waals surface area contributed by atoms with Crippen molar-refractivity contribution in [3.05, 3.63) is 27.4 Å². The molecule has 3 rings (SSSR count). The molecule has 1 amide bonds. The van der Waals surface area contributed by atoms with Gasteiger partial charge in [0.05, 0.1) is 0 Å². The van der Waals surface area contributed by atoms with Gasteiger partial charge in [0.1, 0.15) is 15.9 Å². The fraction of sp³-hybridized carbons (Fsp3) is 0.600. The Bertz CT molecular complexity index is 794. The SMILES string of the molecule is CCn1c([C@@H]2CCCN(C(=O)c3csc(SC)n3)C2)nn(C)c1=O. The Hall–Kier alpha value is -1.61. The van der Waals surface area contributed by atoms with E-state index in [4.69, 9.17) is 0 Å². The van der Waals surface area contributed by atoms with Crippen molar-refractivity contribution in [3.8, 4) is 0 Å². The third-order valence-corrected chi connectivity index (χ3v) is 6.17. The van der Waals surface area contributed by atoms with Gasteiger partial charge in [-0.2, -0.15) is 5.10 Å². The highest BCUT2D eigenvalue weighted by Gasteiger charge is 2.30. The Labute approximate surface area is 148 Å². The van der Waals surface area contributed by atoms with Crippen LogP contribution in [0, 0.1) is 0 Å². The minimum atomic E-state index is -0.0972. The van der Waals surface area contributed by atoms with Crippen LogP contribution in [0.1, 0.15) is 42.0 Å². The molecular formula is C15H21N5O2S2. The molecule has 9 heteroatoms. The van der Waals surface area contributed by atoms with E-state index in [-0.39, 0.29) is 17.5 Å². The predicted octanol–water partition coefficient (Wildman–Crippen LogP) is 1.80. The summed E-state index contributed by atoms with van der Waals surface area (Å²) < 4.78 is 3.98. The molecule has 1 atom stereocenters. The van der Waals surface area contributed by atoms with Crippen LogP contribution < -0.4 is 5.69 Å². The molecule has 1 saturated heterocycles. The van der Waals surface area contributed by atoms with Crippen molar-refractivity contribution in [2.24, 2.45) is 7.05 Å².